The minimum atomic E-state index is -0.724. The first-order valence-electron chi connectivity index (χ1n) is 8.31. The van der Waals surface area contributed by atoms with Crippen LogP contribution in [-0.4, -0.2) is 31.9 Å². The van der Waals surface area contributed by atoms with Crippen LogP contribution in [0.15, 0.2) is 48.5 Å². The Morgan fingerprint density at radius 3 is 2.54 bits per heavy atom. The van der Waals surface area contributed by atoms with Gasteiger partial charge in [-0.05, 0) is 43.7 Å². The van der Waals surface area contributed by atoms with Gasteiger partial charge < -0.3 is 18.9 Å². The molecule has 6 heteroatoms. The van der Waals surface area contributed by atoms with Crippen molar-refractivity contribution in [2.75, 3.05) is 13.7 Å². The molecule has 0 fully saturated rings. The van der Waals surface area contributed by atoms with Gasteiger partial charge >= 0.3 is 5.97 Å². The van der Waals surface area contributed by atoms with Crippen LogP contribution in [0.4, 0.5) is 4.39 Å². The van der Waals surface area contributed by atoms with Gasteiger partial charge in [-0.15, -0.1) is 0 Å². The van der Waals surface area contributed by atoms with Crippen molar-refractivity contribution in [1.29, 1.82) is 0 Å². The van der Waals surface area contributed by atoms with E-state index in [0.29, 0.717) is 5.75 Å². The van der Waals surface area contributed by atoms with Crippen molar-refractivity contribution in [1.82, 2.24) is 0 Å². The average Bonchev–Trinajstić information content (AvgIpc) is 2.64. The molecule has 0 aliphatic rings. The SMILES string of the molecule is COc1cccc(COC(C)C(=O)OC(C)COc2cccc(F)c2)c1. The van der Waals surface area contributed by atoms with Gasteiger partial charge in [0, 0.05) is 6.07 Å². The van der Waals surface area contributed by atoms with Crippen molar-refractivity contribution in [2.24, 2.45) is 0 Å². The number of ether oxygens (including phenoxy) is 4. The second-order valence-electron chi connectivity index (χ2n) is 5.82. The number of methoxy groups -OCH3 is 1. The van der Waals surface area contributed by atoms with Crippen LogP contribution in [0.1, 0.15) is 19.4 Å². The van der Waals surface area contributed by atoms with Gasteiger partial charge in [-0.1, -0.05) is 18.2 Å². The molecule has 0 radical (unpaired) electrons. The topological polar surface area (TPSA) is 54.0 Å². The van der Waals surface area contributed by atoms with E-state index < -0.39 is 18.2 Å². The molecule has 0 aromatic heterocycles. The molecular formula is C20H23FO5. The van der Waals surface area contributed by atoms with Gasteiger partial charge in [-0.2, -0.15) is 0 Å². The van der Waals surface area contributed by atoms with E-state index in [4.69, 9.17) is 18.9 Å². The first-order valence-corrected chi connectivity index (χ1v) is 8.31. The van der Waals surface area contributed by atoms with Gasteiger partial charge in [-0.3, -0.25) is 0 Å². The average molecular weight is 362 g/mol. The zero-order chi connectivity index (χ0) is 18.9. The zero-order valence-corrected chi connectivity index (χ0v) is 15.1. The number of carbonyl (C=O) groups is 1. The van der Waals surface area contributed by atoms with Crippen molar-refractivity contribution in [3.05, 3.63) is 59.9 Å². The molecule has 140 valence electrons. The first-order chi connectivity index (χ1) is 12.5. The Kier molecular flexibility index (Phi) is 7.41. The minimum absolute atomic E-state index is 0.123. The quantitative estimate of drug-likeness (QED) is 0.636. The molecule has 2 unspecified atom stereocenters. The lowest BCUT2D eigenvalue weighted by Crippen LogP contribution is -2.29. The number of hydrogen-bond donors (Lipinski definition) is 0. The molecule has 0 saturated carbocycles. The first kappa shape index (κ1) is 19.7. The maximum atomic E-state index is 13.1. The molecular weight excluding hydrogens is 339 g/mol. The highest BCUT2D eigenvalue weighted by atomic mass is 19.1. The number of rotatable bonds is 9. The van der Waals surface area contributed by atoms with E-state index in [9.17, 15) is 9.18 Å². The molecule has 2 aromatic rings. The predicted molar refractivity (Wildman–Crippen MR) is 94.7 cm³/mol. The highest BCUT2D eigenvalue weighted by Gasteiger charge is 2.18. The number of halogens is 1. The Labute approximate surface area is 152 Å². The monoisotopic (exact) mass is 362 g/mol. The van der Waals surface area contributed by atoms with Crippen LogP contribution in [0.25, 0.3) is 0 Å². The van der Waals surface area contributed by atoms with Crippen LogP contribution in [0.2, 0.25) is 0 Å². The van der Waals surface area contributed by atoms with E-state index in [-0.39, 0.29) is 19.0 Å². The highest BCUT2D eigenvalue weighted by Crippen LogP contribution is 2.15. The summed E-state index contributed by atoms with van der Waals surface area (Å²) < 4.78 is 34.5. The molecule has 2 rings (SSSR count). The van der Waals surface area contributed by atoms with Crippen molar-refractivity contribution < 1.29 is 28.1 Å². The summed E-state index contributed by atoms with van der Waals surface area (Å²) in [5.74, 6) is 0.245. The lowest BCUT2D eigenvalue weighted by molar-refractivity contribution is -0.162. The molecule has 0 amide bonds. The molecule has 2 aromatic carbocycles. The van der Waals surface area contributed by atoms with Crippen LogP contribution < -0.4 is 9.47 Å². The third-order valence-electron chi connectivity index (χ3n) is 3.56. The van der Waals surface area contributed by atoms with Crippen LogP contribution in [-0.2, 0) is 20.9 Å². The summed E-state index contributed by atoms with van der Waals surface area (Å²) in [4.78, 5) is 12.1. The van der Waals surface area contributed by atoms with Gasteiger partial charge in [-0.25, -0.2) is 9.18 Å². The molecule has 2 atom stereocenters. The summed E-state index contributed by atoms with van der Waals surface area (Å²) in [6.07, 6.45) is -1.22. The predicted octanol–water partition coefficient (Wildman–Crippen LogP) is 3.75. The number of hydrogen-bond acceptors (Lipinski definition) is 5. The van der Waals surface area contributed by atoms with E-state index in [0.717, 1.165) is 11.3 Å². The van der Waals surface area contributed by atoms with Crippen LogP contribution >= 0.6 is 0 Å². The van der Waals surface area contributed by atoms with E-state index in [1.807, 2.05) is 24.3 Å². The van der Waals surface area contributed by atoms with Crippen molar-refractivity contribution in [2.45, 2.75) is 32.7 Å². The van der Waals surface area contributed by atoms with Gasteiger partial charge in [0.2, 0.25) is 0 Å². The maximum Gasteiger partial charge on any atom is 0.335 e. The van der Waals surface area contributed by atoms with Crippen LogP contribution in [0.3, 0.4) is 0 Å². The molecule has 0 heterocycles. The van der Waals surface area contributed by atoms with E-state index in [1.54, 1.807) is 33.1 Å². The summed E-state index contributed by atoms with van der Waals surface area (Å²) in [5, 5.41) is 0. The smallest absolute Gasteiger partial charge is 0.335 e. The molecule has 0 N–H and O–H groups in total. The summed E-state index contributed by atoms with van der Waals surface area (Å²) in [6, 6.07) is 13.2. The largest absolute Gasteiger partial charge is 0.497 e. The Morgan fingerprint density at radius 2 is 1.81 bits per heavy atom. The fourth-order valence-electron chi connectivity index (χ4n) is 2.15. The third-order valence-corrected chi connectivity index (χ3v) is 3.56. The Morgan fingerprint density at radius 1 is 1.08 bits per heavy atom. The Balaban J connectivity index is 1.74. The summed E-state index contributed by atoms with van der Waals surface area (Å²) in [6.45, 7) is 3.72. The second-order valence-corrected chi connectivity index (χ2v) is 5.82. The summed E-state index contributed by atoms with van der Waals surface area (Å²) >= 11 is 0. The number of benzene rings is 2. The maximum absolute atomic E-state index is 13.1. The van der Waals surface area contributed by atoms with E-state index >= 15 is 0 Å². The molecule has 5 nitrogen and oxygen atoms in total. The molecule has 0 saturated heterocycles. The second kappa shape index (κ2) is 9.77. The Bertz CT molecular complexity index is 719. The molecule has 0 spiro atoms. The Hall–Kier alpha value is -2.60. The minimum Gasteiger partial charge on any atom is -0.497 e. The van der Waals surface area contributed by atoms with E-state index in [2.05, 4.69) is 0 Å². The van der Waals surface area contributed by atoms with Gasteiger partial charge in [0.25, 0.3) is 0 Å². The highest BCUT2D eigenvalue weighted by molar-refractivity contribution is 5.74. The lowest BCUT2D eigenvalue weighted by atomic mass is 10.2. The fourth-order valence-corrected chi connectivity index (χ4v) is 2.15. The summed E-state index contributed by atoms with van der Waals surface area (Å²) in [7, 11) is 1.59. The molecule has 0 bridgehead atoms. The molecule has 26 heavy (non-hydrogen) atoms. The normalized spacial score (nSPS) is 12.9. The zero-order valence-electron chi connectivity index (χ0n) is 15.1. The molecule has 0 aliphatic carbocycles. The number of esters is 1. The fraction of sp³-hybridized carbons (Fsp3) is 0.350. The lowest BCUT2D eigenvalue weighted by Gasteiger charge is -2.18. The van der Waals surface area contributed by atoms with Crippen molar-refractivity contribution in [3.8, 4) is 11.5 Å². The van der Waals surface area contributed by atoms with Gasteiger partial charge in [0.05, 0.1) is 13.7 Å². The van der Waals surface area contributed by atoms with E-state index in [1.165, 1.54) is 12.1 Å². The van der Waals surface area contributed by atoms with Crippen molar-refractivity contribution in [3.63, 3.8) is 0 Å². The third kappa shape index (κ3) is 6.37. The standard InChI is InChI=1S/C20H23FO5/c1-14(12-25-19-9-5-7-17(21)11-19)26-20(22)15(2)24-13-16-6-4-8-18(10-16)23-3/h4-11,14-15H,12-13H2,1-3H3. The van der Waals surface area contributed by atoms with Gasteiger partial charge in [0.15, 0.2) is 6.10 Å². The number of carbonyl (C=O) groups excluding carboxylic acids is 1. The van der Waals surface area contributed by atoms with Crippen molar-refractivity contribution >= 4 is 5.97 Å². The van der Waals surface area contributed by atoms with Crippen LogP contribution in [0.5, 0.6) is 11.5 Å². The summed E-state index contributed by atoms with van der Waals surface area (Å²) in [5.41, 5.74) is 0.895. The van der Waals surface area contributed by atoms with Crippen LogP contribution in [0, 0.1) is 5.82 Å². The van der Waals surface area contributed by atoms with Gasteiger partial charge in [0.1, 0.15) is 30.0 Å². The molecule has 0 aliphatic heterocycles.